The highest BCUT2D eigenvalue weighted by Gasteiger charge is 2.09. The predicted octanol–water partition coefficient (Wildman–Crippen LogP) is 2.69. The SMILES string of the molecule is CCOC/C(N)=N\Cc1cc(Br)cc(NC(=O)c2cnc(C)cn2)c1. The second-order valence-corrected chi connectivity index (χ2v) is 6.21. The van der Waals surface area contributed by atoms with Crippen molar-refractivity contribution in [3.8, 4) is 0 Å². The van der Waals surface area contributed by atoms with Crippen molar-refractivity contribution < 1.29 is 9.53 Å². The summed E-state index contributed by atoms with van der Waals surface area (Å²) in [6.07, 6.45) is 3.00. The molecule has 0 aliphatic heterocycles. The average molecular weight is 406 g/mol. The molecule has 8 heteroatoms. The molecule has 2 rings (SSSR count). The fourth-order valence-corrected chi connectivity index (χ4v) is 2.50. The van der Waals surface area contributed by atoms with E-state index in [1.807, 2.05) is 26.0 Å². The van der Waals surface area contributed by atoms with Crippen molar-refractivity contribution in [2.75, 3.05) is 18.5 Å². The number of aliphatic imine (C=N–C) groups is 1. The van der Waals surface area contributed by atoms with Gasteiger partial charge in [0.15, 0.2) is 0 Å². The van der Waals surface area contributed by atoms with Gasteiger partial charge in [-0.2, -0.15) is 0 Å². The molecular formula is C17H20BrN5O2. The van der Waals surface area contributed by atoms with Gasteiger partial charge in [0.1, 0.15) is 18.1 Å². The Labute approximate surface area is 154 Å². The van der Waals surface area contributed by atoms with E-state index in [-0.39, 0.29) is 11.6 Å². The number of halogens is 1. The number of aromatic nitrogens is 2. The minimum absolute atomic E-state index is 0.256. The van der Waals surface area contributed by atoms with Gasteiger partial charge in [0.2, 0.25) is 0 Å². The monoisotopic (exact) mass is 405 g/mol. The smallest absolute Gasteiger partial charge is 0.275 e. The molecule has 2 aromatic rings. The predicted molar refractivity (Wildman–Crippen MR) is 101 cm³/mol. The van der Waals surface area contributed by atoms with Crippen molar-refractivity contribution >= 4 is 33.4 Å². The third-order valence-corrected chi connectivity index (χ3v) is 3.61. The van der Waals surface area contributed by atoms with Gasteiger partial charge in [-0.1, -0.05) is 15.9 Å². The number of hydrogen-bond donors (Lipinski definition) is 2. The number of hydrogen-bond acceptors (Lipinski definition) is 5. The summed E-state index contributed by atoms with van der Waals surface area (Å²) in [5.41, 5.74) is 8.33. The van der Waals surface area contributed by atoms with Gasteiger partial charge in [0, 0.05) is 23.0 Å². The number of amidine groups is 1. The van der Waals surface area contributed by atoms with Crippen molar-refractivity contribution in [2.24, 2.45) is 10.7 Å². The number of carbonyl (C=O) groups excluding carboxylic acids is 1. The third kappa shape index (κ3) is 6.24. The van der Waals surface area contributed by atoms with Crippen LogP contribution in [0, 0.1) is 6.92 Å². The number of nitrogens with one attached hydrogen (secondary N) is 1. The first kappa shape index (κ1) is 19.0. The highest BCUT2D eigenvalue weighted by molar-refractivity contribution is 9.10. The molecule has 0 atom stereocenters. The molecule has 0 spiro atoms. The fourth-order valence-electron chi connectivity index (χ4n) is 1.96. The van der Waals surface area contributed by atoms with Crippen LogP contribution in [-0.4, -0.2) is 34.9 Å². The van der Waals surface area contributed by atoms with Gasteiger partial charge in [0.05, 0.1) is 18.4 Å². The molecule has 1 aromatic carbocycles. The highest BCUT2D eigenvalue weighted by atomic mass is 79.9. The largest absolute Gasteiger partial charge is 0.386 e. The number of ether oxygens (including phenoxy) is 1. The molecule has 0 aliphatic rings. The van der Waals surface area contributed by atoms with E-state index in [1.54, 1.807) is 12.3 Å². The molecule has 0 radical (unpaired) electrons. The minimum Gasteiger partial charge on any atom is -0.386 e. The van der Waals surface area contributed by atoms with Crippen LogP contribution in [0.2, 0.25) is 0 Å². The molecule has 132 valence electrons. The van der Waals surface area contributed by atoms with Crippen molar-refractivity contribution in [2.45, 2.75) is 20.4 Å². The highest BCUT2D eigenvalue weighted by Crippen LogP contribution is 2.21. The van der Waals surface area contributed by atoms with E-state index in [2.05, 4.69) is 36.2 Å². The van der Waals surface area contributed by atoms with E-state index in [0.29, 0.717) is 31.3 Å². The van der Waals surface area contributed by atoms with E-state index >= 15 is 0 Å². The summed E-state index contributed by atoms with van der Waals surface area (Å²) in [7, 11) is 0. The molecule has 25 heavy (non-hydrogen) atoms. The standard InChI is InChI=1S/C17H20BrN5O2/c1-3-25-10-16(19)22-8-12-4-13(18)6-14(5-12)23-17(24)15-9-20-11(2)7-21-15/h4-7,9H,3,8,10H2,1-2H3,(H2,19,22)(H,23,24). The maximum Gasteiger partial charge on any atom is 0.275 e. The molecule has 0 aliphatic carbocycles. The number of nitrogens with two attached hydrogens (primary N) is 1. The van der Waals surface area contributed by atoms with Crippen LogP contribution in [0.25, 0.3) is 0 Å². The van der Waals surface area contributed by atoms with Crippen LogP contribution < -0.4 is 11.1 Å². The van der Waals surface area contributed by atoms with Crippen LogP contribution >= 0.6 is 15.9 Å². The number of nitrogens with zero attached hydrogens (tertiary/aromatic N) is 3. The van der Waals surface area contributed by atoms with E-state index in [4.69, 9.17) is 10.5 Å². The number of aryl methyl sites for hydroxylation is 1. The maximum atomic E-state index is 12.2. The molecule has 0 saturated carbocycles. The number of amides is 1. The molecule has 1 amide bonds. The number of carbonyl (C=O) groups is 1. The molecule has 0 unspecified atom stereocenters. The van der Waals surface area contributed by atoms with Gasteiger partial charge in [0.25, 0.3) is 5.91 Å². The second kappa shape index (κ2) is 9.24. The van der Waals surface area contributed by atoms with Crippen LogP contribution in [0.4, 0.5) is 5.69 Å². The molecule has 0 fully saturated rings. The van der Waals surface area contributed by atoms with E-state index in [1.165, 1.54) is 6.20 Å². The van der Waals surface area contributed by atoms with Gasteiger partial charge in [-0.15, -0.1) is 0 Å². The second-order valence-electron chi connectivity index (χ2n) is 5.29. The van der Waals surface area contributed by atoms with Crippen molar-refractivity contribution in [3.63, 3.8) is 0 Å². The lowest BCUT2D eigenvalue weighted by atomic mass is 10.2. The van der Waals surface area contributed by atoms with Crippen LogP contribution in [0.15, 0.2) is 40.1 Å². The Balaban J connectivity index is 2.07. The molecule has 0 saturated heterocycles. The molecule has 1 heterocycles. The van der Waals surface area contributed by atoms with E-state index < -0.39 is 0 Å². The maximum absolute atomic E-state index is 12.2. The first-order valence-corrected chi connectivity index (χ1v) is 8.53. The Morgan fingerprint density at radius 1 is 1.32 bits per heavy atom. The Morgan fingerprint density at radius 3 is 2.80 bits per heavy atom. The van der Waals surface area contributed by atoms with Gasteiger partial charge in [-0.3, -0.25) is 14.8 Å². The lowest BCUT2D eigenvalue weighted by molar-refractivity contribution is 0.102. The van der Waals surface area contributed by atoms with Crippen LogP contribution in [-0.2, 0) is 11.3 Å². The van der Waals surface area contributed by atoms with Crippen molar-refractivity contribution in [1.29, 1.82) is 0 Å². The first-order chi connectivity index (χ1) is 12.0. The average Bonchev–Trinajstić information content (AvgIpc) is 2.58. The quantitative estimate of drug-likeness (QED) is 0.544. The zero-order valence-electron chi connectivity index (χ0n) is 14.1. The van der Waals surface area contributed by atoms with Gasteiger partial charge >= 0.3 is 0 Å². The molecule has 7 nitrogen and oxygen atoms in total. The van der Waals surface area contributed by atoms with Gasteiger partial charge in [-0.25, -0.2) is 4.98 Å². The summed E-state index contributed by atoms with van der Waals surface area (Å²) in [5, 5.41) is 2.80. The molecule has 3 N–H and O–H groups in total. The summed E-state index contributed by atoms with van der Waals surface area (Å²) >= 11 is 3.43. The molecule has 1 aromatic heterocycles. The van der Waals surface area contributed by atoms with Crippen molar-refractivity contribution in [1.82, 2.24) is 9.97 Å². The third-order valence-electron chi connectivity index (χ3n) is 3.15. The Morgan fingerprint density at radius 2 is 2.12 bits per heavy atom. The normalized spacial score (nSPS) is 11.4. The number of benzene rings is 1. The summed E-state index contributed by atoms with van der Waals surface area (Å²) < 4.78 is 6.03. The first-order valence-electron chi connectivity index (χ1n) is 7.74. The Hall–Kier alpha value is -2.32. The Bertz CT molecular complexity index is 762. The number of anilines is 1. The minimum atomic E-state index is -0.323. The molecular weight excluding hydrogens is 386 g/mol. The summed E-state index contributed by atoms with van der Waals surface area (Å²) in [5.74, 6) is 0.109. The van der Waals surface area contributed by atoms with Crippen LogP contribution in [0.1, 0.15) is 28.7 Å². The summed E-state index contributed by atoms with van der Waals surface area (Å²) in [4.78, 5) is 24.7. The topological polar surface area (TPSA) is 102 Å². The van der Waals surface area contributed by atoms with E-state index in [0.717, 1.165) is 15.7 Å². The number of rotatable bonds is 7. The van der Waals surface area contributed by atoms with Crippen LogP contribution in [0.5, 0.6) is 0 Å². The van der Waals surface area contributed by atoms with E-state index in [9.17, 15) is 4.79 Å². The zero-order valence-corrected chi connectivity index (χ0v) is 15.7. The van der Waals surface area contributed by atoms with Crippen LogP contribution in [0.3, 0.4) is 0 Å². The summed E-state index contributed by atoms with van der Waals surface area (Å²) in [6, 6.07) is 5.55. The lowest BCUT2D eigenvalue weighted by Gasteiger charge is -2.08. The van der Waals surface area contributed by atoms with Gasteiger partial charge < -0.3 is 15.8 Å². The van der Waals surface area contributed by atoms with Crippen molar-refractivity contribution in [3.05, 3.63) is 52.0 Å². The molecule has 0 bridgehead atoms. The zero-order chi connectivity index (χ0) is 18.2. The van der Waals surface area contributed by atoms with Gasteiger partial charge in [-0.05, 0) is 37.6 Å². The lowest BCUT2D eigenvalue weighted by Crippen LogP contribution is -2.19. The Kier molecular flexibility index (Phi) is 7.03. The summed E-state index contributed by atoms with van der Waals surface area (Å²) in [6.45, 7) is 5.00. The fraction of sp³-hybridized carbons (Fsp3) is 0.294.